The van der Waals surface area contributed by atoms with Crippen LogP contribution in [-0.2, 0) is 0 Å². The van der Waals surface area contributed by atoms with Crippen molar-refractivity contribution in [2.24, 2.45) is 0 Å². The molecule has 0 amide bonds. The highest BCUT2D eigenvalue weighted by Gasteiger charge is 2.14. The molecule has 0 fully saturated rings. The van der Waals surface area contributed by atoms with E-state index in [1.807, 2.05) is 18.2 Å². The third kappa shape index (κ3) is 3.69. The highest BCUT2D eigenvalue weighted by Crippen LogP contribution is 2.32. The molecule has 0 radical (unpaired) electrons. The van der Waals surface area contributed by atoms with Gasteiger partial charge < -0.3 is 5.32 Å². The predicted octanol–water partition coefficient (Wildman–Crippen LogP) is 6.63. The van der Waals surface area contributed by atoms with E-state index >= 15 is 0 Å². The van der Waals surface area contributed by atoms with Gasteiger partial charge in [0.1, 0.15) is 0 Å². The molecule has 0 aliphatic rings. The van der Waals surface area contributed by atoms with E-state index in [9.17, 15) is 0 Å². The van der Waals surface area contributed by atoms with Crippen LogP contribution in [0.3, 0.4) is 0 Å². The summed E-state index contributed by atoms with van der Waals surface area (Å²) in [4.78, 5) is 0. The lowest BCUT2D eigenvalue weighted by Gasteiger charge is -2.21. The summed E-state index contributed by atoms with van der Waals surface area (Å²) in [6, 6.07) is 12.0. The quantitative estimate of drug-likeness (QED) is 0.635. The van der Waals surface area contributed by atoms with Crippen molar-refractivity contribution in [3.63, 3.8) is 0 Å². The average Bonchev–Trinajstić information content (AvgIpc) is 2.39. The van der Waals surface area contributed by atoms with Gasteiger partial charge in [-0.3, -0.25) is 0 Å². The minimum atomic E-state index is 0.166. The van der Waals surface area contributed by atoms with Crippen LogP contribution in [0.2, 0.25) is 10.0 Å². The molecule has 0 aliphatic heterocycles. The summed E-state index contributed by atoms with van der Waals surface area (Å²) in [5, 5.41) is 4.91. The van der Waals surface area contributed by atoms with Crippen LogP contribution in [-0.4, -0.2) is 0 Å². The van der Waals surface area contributed by atoms with Gasteiger partial charge in [-0.15, -0.1) is 0 Å². The molecular formula is C16H16BrCl2N. The molecule has 0 bridgehead atoms. The minimum Gasteiger partial charge on any atom is -0.378 e. The molecule has 0 aromatic heterocycles. The lowest BCUT2D eigenvalue weighted by atomic mass is 10.0. The fourth-order valence-electron chi connectivity index (χ4n) is 2.16. The maximum Gasteiger partial charge on any atom is 0.0526 e. The molecule has 1 nitrogen and oxygen atoms in total. The van der Waals surface area contributed by atoms with Gasteiger partial charge in [0.15, 0.2) is 0 Å². The highest BCUT2D eigenvalue weighted by molar-refractivity contribution is 9.10. The first-order valence-electron chi connectivity index (χ1n) is 6.49. The lowest BCUT2D eigenvalue weighted by Crippen LogP contribution is -2.11. The Kier molecular flexibility index (Phi) is 5.36. The molecule has 106 valence electrons. The molecule has 20 heavy (non-hydrogen) atoms. The maximum atomic E-state index is 6.30. The largest absolute Gasteiger partial charge is 0.378 e. The van der Waals surface area contributed by atoms with Crippen LogP contribution in [0.5, 0.6) is 0 Å². The van der Waals surface area contributed by atoms with Crippen molar-refractivity contribution in [2.75, 3.05) is 5.32 Å². The number of halogens is 3. The molecule has 2 aromatic rings. The first-order chi connectivity index (χ1) is 9.51. The van der Waals surface area contributed by atoms with E-state index in [4.69, 9.17) is 23.2 Å². The van der Waals surface area contributed by atoms with Crippen LogP contribution in [0.15, 0.2) is 40.9 Å². The molecule has 1 unspecified atom stereocenters. The molecule has 2 aromatic carbocycles. The van der Waals surface area contributed by atoms with Gasteiger partial charge in [0, 0.05) is 20.2 Å². The van der Waals surface area contributed by atoms with Gasteiger partial charge in [0.25, 0.3) is 0 Å². The molecule has 1 N–H and O–H groups in total. The molecule has 1 atom stereocenters. The SMILES string of the molecule is CCC(Nc1ccc(Br)cc1C)c1ccc(Cl)cc1Cl. The second-order valence-electron chi connectivity index (χ2n) is 4.73. The van der Waals surface area contributed by atoms with Gasteiger partial charge in [0.05, 0.1) is 6.04 Å². The van der Waals surface area contributed by atoms with Crippen LogP contribution in [0.1, 0.15) is 30.5 Å². The number of anilines is 1. The summed E-state index contributed by atoms with van der Waals surface area (Å²) in [5.41, 5.74) is 3.38. The fraction of sp³-hybridized carbons (Fsp3) is 0.250. The van der Waals surface area contributed by atoms with Crippen molar-refractivity contribution >= 4 is 44.8 Å². The molecular weight excluding hydrogens is 357 g/mol. The molecule has 0 spiro atoms. The van der Waals surface area contributed by atoms with E-state index in [-0.39, 0.29) is 6.04 Å². The standard InChI is InChI=1S/C16H16BrCl2N/c1-3-15(13-6-5-12(18)9-14(13)19)20-16-7-4-11(17)8-10(16)2/h4-9,15,20H,3H2,1-2H3. The molecule has 0 saturated heterocycles. The van der Waals surface area contributed by atoms with Crippen molar-refractivity contribution < 1.29 is 0 Å². The third-order valence-electron chi connectivity index (χ3n) is 3.26. The summed E-state index contributed by atoms with van der Waals surface area (Å²) in [6.07, 6.45) is 0.941. The third-order valence-corrected chi connectivity index (χ3v) is 4.32. The Morgan fingerprint density at radius 3 is 2.50 bits per heavy atom. The number of rotatable bonds is 4. The Labute approximate surface area is 138 Å². The van der Waals surface area contributed by atoms with E-state index in [2.05, 4.69) is 47.2 Å². The van der Waals surface area contributed by atoms with E-state index < -0.39 is 0 Å². The zero-order valence-electron chi connectivity index (χ0n) is 11.4. The zero-order chi connectivity index (χ0) is 14.7. The van der Waals surface area contributed by atoms with Gasteiger partial charge in [-0.25, -0.2) is 0 Å². The van der Waals surface area contributed by atoms with Gasteiger partial charge in [-0.1, -0.05) is 52.1 Å². The van der Waals surface area contributed by atoms with Crippen molar-refractivity contribution in [3.05, 3.63) is 62.0 Å². The normalized spacial score (nSPS) is 12.2. The van der Waals surface area contributed by atoms with Crippen molar-refractivity contribution in [3.8, 4) is 0 Å². The van der Waals surface area contributed by atoms with Gasteiger partial charge in [-0.05, 0) is 54.8 Å². The lowest BCUT2D eigenvalue weighted by molar-refractivity contribution is 0.748. The Bertz CT molecular complexity index is 613. The number of nitrogens with one attached hydrogen (secondary N) is 1. The summed E-state index contributed by atoms with van der Waals surface area (Å²) in [7, 11) is 0. The van der Waals surface area contributed by atoms with Crippen LogP contribution in [0.4, 0.5) is 5.69 Å². The van der Waals surface area contributed by atoms with Crippen LogP contribution >= 0.6 is 39.1 Å². The Morgan fingerprint density at radius 2 is 1.90 bits per heavy atom. The second-order valence-corrected chi connectivity index (χ2v) is 6.49. The highest BCUT2D eigenvalue weighted by atomic mass is 79.9. The van der Waals surface area contributed by atoms with Crippen LogP contribution in [0.25, 0.3) is 0 Å². The Hall–Kier alpha value is -0.700. The summed E-state index contributed by atoms with van der Waals surface area (Å²) >= 11 is 15.7. The second kappa shape index (κ2) is 6.84. The maximum absolute atomic E-state index is 6.30. The van der Waals surface area contributed by atoms with E-state index in [1.165, 1.54) is 5.56 Å². The predicted molar refractivity (Wildman–Crippen MR) is 92.0 cm³/mol. The summed E-state index contributed by atoms with van der Waals surface area (Å²) in [5.74, 6) is 0. The first-order valence-corrected chi connectivity index (χ1v) is 8.03. The number of hydrogen-bond acceptors (Lipinski definition) is 1. The van der Waals surface area contributed by atoms with Gasteiger partial charge in [0.2, 0.25) is 0 Å². The number of benzene rings is 2. The van der Waals surface area contributed by atoms with Crippen molar-refractivity contribution in [1.29, 1.82) is 0 Å². The average molecular weight is 373 g/mol. The number of aryl methyl sites for hydroxylation is 1. The van der Waals surface area contributed by atoms with E-state index in [0.29, 0.717) is 10.0 Å². The minimum absolute atomic E-state index is 0.166. The Morgan fingerprint density at radius 1 is 1.15 bits per heavy atom. The smallest absolute Gasteiger partial charge is 0.0526 e. The van der Waals surface area contributed by atoms with Crippen molar-refractivity contribution in [2.45, 2.75) is 26.3 Å². The van der Waals surface area contributed by atoms with E-state index in [1.54, 1.807) is 6.07 Å². The van der Waals surface area contributed by atoms with E-state index in [0.717, 1.165) is 22.1 Å². The van der Waals surface area contributed by atoms with Crippen LogP contribution < -0.4 is 5.32 Å². The van der Waals surface area contributed by atoms with Crippen molar-refractivity contribution in [1.82, 2.24) is 0 Å². The summed E-state index contributed by atoms with van der Waals surface area (Å²) in [6.45, 7) is 4.22. The van der Waals surface area contributed by atoms with Crippen LogP contribution in [0, 0.1) is 6.92 Å². The monoisotopic (exact) mass is 371 g/mol. The molecule has 0 saturated carbocycles. The molecule has 0 heterocycles. The topological polar surface area (TPSA) is 12.0 Å². The summed E-state index contributed by atoms with van der Waals surface area (Å²) < 4.78 is 1.08. The van der Waals surface area contributed by atoms with Gasteiger partial charge in [-0.2, -0.15) is 0 Å². The number of hydrogen-bond donors (Lipinski definition) is 1. The molecule has 0 aliphatic carbocycles. The molecule has 4 heteroatoms. The fourth-order valence-corrected chi connectivity index (χ4v) is 3.18. The molecule has 2 rings (SSSR count). The Balaban J connectivity index is 2.28. The first kappa shape index (κ1) is 15.7. The zero-order valence-corrected chi connectivity index (χ0v) is 14.5. The van der Waals surface area contributed by atoms with Gasteiger partial charge >= 0.3 is 0 Å².